The molecule has 1 saturated heterocycles. The number of carbonyl (C=O) groups excluding carboxylic acids is 1. The van der Waals surface area contributed by atoms with Crippen LogP contribution in [0.15, 0.2) is 53.5 Å². The number of carbonyl (C=O) groups is 1. The van der Waals surface area contributed by atoms with Gasteiger partial charge < -0.3 is 19.4 Å². The van der Waals surface area contributed by atoms with E-state index < -0.39 is 0 Å². The van der Waals surface area contributed by atoms with Gasteiger partial charge in [0, 0.05) is 29.9 Å². The second-order valence-corrected chi connectivity index (χ2v) is 7.28. The molecule has 1 aliphatic heterocycles. The molecule has 150 valence electrons. The first kappa shape index (κ1) is 19.1. The maximum absolute atomic E-state index is 12.9. The van der Waals surface area contributed by atoms with E-state index in [1.165, 1.54) is 12.3 Å². The Morgan fingerprint density at radius 2 is 1.97 bits per heavy atom. The Morgan fingerprint density at radius 1 is 1.17 bits per heavy atom. The third kappa shape index (κ3) is 3.70. The van der Waals surface area contributed by atoms with Gasteiger partial charge in [0.25, 0.3) is 5.91 Å². The predicted molar refractivity (Wildman–Crippen MR) is 111 cm³/mol. The highest BCUT2D eigenvalue weighted by Crippen LogP contribution is 2.38. The molecule has 2 heterocycles. The highest BCUT2D eigenvalue weighted by atomic mass is 16.5. The molecule has 3 aromatic rings. The molecule has 0 spiro atoms. The quantitative estimate of drug-likeness (QED) is 0.720. The molecule has 1 aliphatic rings. The molecule has 6 heteroatoms. The van der Waals surface area contributed by atoms with Gasteiger partial charge in [0.2, 0.25) is 5.43 Å². The molecule has 0 radical (unpaired) electrons. The van der Waals surface area contributed by atoms with E-state index in [4.69, 9.17) is 9.47 Å². The minimum atomic E-state index is -0.229. The summed E-state index contributed by atoms with van der Waals surface area (Å²) >= 11 is 0. The summed E-state index contributed by atoms with van der Waals surface area (Å²) in [5, 5.41) is 2.13. The van der Waals surface area contributed by atoms with Crippen molar-refractivity contribution in [1.82, 2.24) is 9.88 Å². The van der Waals surface area contributed by atoms with E-state index in [0.717, 1.165) is 40.6 Å². The number of nitrogens with zero attached hydrogens (tertiary/aromatic N) is 1. The largest absolute Gasteiger partial charge is 0.496 e. The number of likely N-dealkylation sites (tertiary alicyclic amines) is 1. The van der Waals surface area contributed by atoms with Crippen molar-refractivity contribution in [2.45, 2.75) is 25.8 Å². The lowest BCUT2D eigenvalue weighted by atomic mass is 9.96. The number of aromatic amines is 1. The number of hydrogen-bond donors (Lipinski definition) is 1. The SMILES string of the molecule is COc1ccc(C2CCCN2C(=O)COc2c[nH]c(C)cc2=O)c2ccccc12. The Labute approximate surface area is 169 Å². The van der Waals surface area contributed by atoms with Gasteiger partial charge in [-0.15, -0.1) is 0 Å². The number of pyridine rings is 1. The topological polar surface area (TPSA) is 71.6 Å². The van der Waals surface area contributed by atoms with Crippen LogP contribution in [0.5, 0.6) is 11.5 Å². The zero-order valence-electron chi connectivity index (χ0n) is 16.6. The number of rotatable bonds is 5. The van der Waals surface area contributed by atoms with Gasteiger partial charge in [0.1, 0.15) is 5.75 Å². The number of aryl methyl sites for hydroxylation is 1. The fourth-order valence-corrected chi connectivity index (χ4v) is 4.05. The zero-order chi connectivity index (χ0) is 20.4. The monoisotopic (exact) mass is 392 g/mol. The van der Waals surface area contributed by atoms with Gasteiger partial charge in [-0.25, -0.2) is 0 Å². The number of H-pyrrole nitrogens is 1. The minimum absolute atomic E-state index is 0.0155. The van der Waals surface area contributed by atoms with E-state index in [2.05, 4.69) is 11.1 Å². The minimum Gasteiger partial charge on any atom is -0.496 e. The number of fused-ring (bicyclic) bond motifs is 1. The average molecular weight is 392 g/mol. The van der Waals surface area contributed by atoms with Crippen LogP contribution in [0.2, 0.25) is 0 Å². The van der Waals surface area contributed by atoms with Gasteiger partial charge in [0.15, 0.2) is 12.4 Å². The van der Waals surface area contributed by atoms with Crippen LogP contribution < -0.4 is 14.9 Å². The van der Waals surface area contributed by atoms with Crippen molar-refractivity contribution in [2.75, 3.05) is 20.3 Å². The molecule has 1 unspecified atom stereocenters. The Morgan fingerprint density at radius 3 is 2.72 bits per heavy atom. The van der Waals surface area contributed by atoms with Crippen LogP contribution in [0, 0.1) is 6.92 Å². The van der Waals surface area contributed by atoms with Crippen molar-refractivity contribution in [3.05, 3.63) is 70.1 Å². The summed E-state index contributed by atoms with van der Waals surface area (Å²) < 4.78 is 11.0. The summed E-state index contributed by atoms with van der Waals surface area (Å²) in [6.45, 7) is 2.32. The molecule has 4 rings (SSSR count). The molecule has 0 bridgehead atoms. The van der Waals surface area contributed by atoms with Crippen LogP contribution in [0.3, 0.4) is 0 Å². The molecule has 1 aromatic heterocycles. The second kappa shape index (κ2) is 7.99. The normalized spacial score (nSPS) is 16.2. The number of hydrogen-bond acceptors (Lipinski definition) is 4. The number of ether oxygens (including phenoxy) is 2. The van der Waals surface area contributed by atoms with E-state index in [0.29, 0.717) is 6.54 Å². The van der Waals surface area contributed by atoms with E-state index in [1.54, 1.807) is 14.0 Å². The maximum atomic E-state index is 12.9. The van der Waals surface area contributed by atoms with Gasteiger partial charge in [-0.2, -0.15) is 0 Å². The molecule has 0 aliphatic carbocycles. The first-order valence-electron chi connectivity index (χ1n) is 9.75. The smallest absolute Gasteiger partial charge is 0.261 e. The highest BCUT2D eigenvalue weighted by Gasteiger charge is 2.31. The van der Waals surface area contributed by atoms with E-state index in [-0.39, 0.29) is 29.7 Å². The summed E-state index contributed by atoms with van der Waals surface area (Å²) in [7, 11) is 1.66. The third-order valence-corrected chi connectivity index (χ3v) is 5.44. The van der Waals surface area contributed by atoms with Crippen molar-refractivity contribution in [3.8, 4) is 11.5 Å². The maximum Gasteiger partial charge on any atom is 0.261 e. The number of amides is 1. The van der Waals surface area contributed by atoms with Crippen LogP contribution >= 0.6 is 0 Å². The first-order valence-corrected chi connectivity index (χ1v) is 9.75. The van der Waals surface area contributed by atoms with Gasteiger partial charge in [0.05, 0.1) is 13.2 Å². The van der Waals surface area contributed by atoms with Crippen molar-refractivity contribution in [1.29, 1.82) is 0 Å². The summed E-state index contributed by atoms with van der Waals surface area (Å²) in [5.41, 5.74) is 1.63. The number of aromatic nitrogens is 1. The van der Waals surface area contributed by atoms with Crippen molar-refractivity contribution in [2.24, 2.45) is 0 Å². The van der Waals surface area contributed by atoms with Crippen molar-refractivity contribution >= 4 is 16.7 Å². The van der Waals surface area contributed by atoms with Crippen LogP contribution in [0.1, 0.15) is 30.1 Å². The van der Waals surface area contributed by atoms with Crippen LogP contribution in [0.25, 0.3) is 10.8 Å². The molecule has 1 fully saturated rings. The van der Waals surface area contributed by atoms with Crippen LogP contribution in [-0.2, 0) is 4.79 Å². The molecule has 0 saturated carbocycles. The average Bonchev–Trinajstić information content (AvgIpc) is 3.22. The molecular weight excluding hydrogens is 368 g/mol. The number of benzene rings is 2. The predicted octanol–water partition coefficient (Wildman–Crippen LogP) is 3.59. The Kier molecular flexibility index (Phi) is 5.25. The van der Waals surface area contributed by atoms with E-state index >= 15 is 0 Å². The van der Waals surface area contributed by atoms with Crippen LogP contribution in [-0.4, -0.2) is 36.1 Å². The molecule has 1 atom stereocenters. The van der Waals surface area contributed by atoms with E-state index in [9.17, 15) is 9.59 Å². The van der Waals surface area contributed by atoms with Crippen molar-refractivity contribution < 1.29 is 14.3 Å². The molecule has 6 nitrogen and oxygen atoms in total. The molecular formula is C23H24N2O4. The standard InChI is InChI=1S/C23H24N2O4/c1-15-12-20(26)22(13-24-15)29-14-23(27)25-11-5-8-19(25)17-9-10-21(28-2)18-7-4-3-6-16(17)18/h3-4,6-7,9-10,12-13,19H,5,8,11,14H2,1-2H3,(H,24,26). The fraction of sp³-hybridized carbons (Fsp3) is 0.304. The van der Waals surface area contributed by atoms with Gasteiger partial charge in [-0.05, 0) is 36.8 Å². The highest BCUT2D eigenvalue weighted by molar-refractivity contribution is 5.92. The Bertz CT molecular complexity index is 1110. The zero-order valence-corrected chi connectivity index (χ0v) is 16.6. The molecule has 1 N–H and O–H groups in total. The molecule has 1 amide bonds. The lowest BCUT2D eigenvalue weighted by Crippen LogP contribution is -2.35. The van der Waals surface area contributed by atoms with Crippen LogP contribution in [0.4, 0.5) is 0 Å². The number of nitrogens with one attached hydrogen (secondary N) is 1. The number of methoxy groups -OCH3 is 1. The summed E-state index contributed by atoms with van der Waals surface area (Å²) in [5.74, 6) is 0.865. The third-order valence-electron chi connectivity index (χ3n) is 5.44. The lowest BCUT2D eigenvalue weighted by molar-refractivity contribution is -0.134. The first-order chi connectivity index (χ1) is 14.1. The Balaban J connectivity index is 1.57. The van der Waals surface area contributed by atoms with Gasteiger partial charge >= 0.3 is 0 Å². The molecule has 29 heavy (non-hydrogen) atoms. The van der Waals surface area contributed by atoms with Gasteiger partial charge in [-0.1, -0.05) is 30.3 Å². The van der Waals surface area contributed by atoms with Crippen molar-refractivity contribution in [3.63, 3.8) is 0 Å². The lowest BCUT2D eigenvalue weighted by Gasteiger charge is -2.26. The summed E-state index contributed by atoms with van der Waals surface area (Å²) in [6, 6.07) is 13.5. The molecule has 2 aromatic carbocycles. The van der Waals surface area contributed by atoms with E-state index in [1.807, 2.05) is 35.2 Å². The Hall–Kier alpha value is -3.28. The summed E-state index contributed by atoms with van der Waals surface area (Å²) in [6.07, 6.45) is 3.33. The summed E-state index contributed by atoms with van der Waals surface area (Å²) in [4.78, 5) is 29.7. The second-order valence-electron chi connectivity index (χ2n) is 7.28. The van der Waals surface area contributed by atoms with Gasteiger partial charge in [-0.3, -0.25) is 9.59 Å². The fourth-order valence-electron chi connectivity index (χ4n) is 4.05.